The fourth-order valence-electron chi connectivity index (χ4n) is 2.36. The molecule has 0 spiro atoms. The molecule has 0 aliphatic heterocycles. The number of nitrogens with zero attached hydrogens (tertiary/aromatic N) is 2. The van der Waals surface area contributed by atoms with Gasteiger partial charge in [-0.3, -0.25) is 0 Å². The molecule has 0 amide bonds. The van der Waals surface area contributed by atoms with E-state index in [0.29, 0.717) is 12.2 Å². The third-order valence-corrected chi connectivity index (χ3v) is 3.83. The maximum absolute atomic E-state index is 11.9. The number of carbonyl (C=O) groups is 1. The summed E-state index contributed by atoms with van der Waals surface area (Å²) in [6.45, 7) is 6.59. The van der Waals surface area contributed by atoms with Gasteiger partial charge in [0, 0.05) is 12.2 Å². The second kappa shape index (κ2) is 6.75. The van der Waals surface area contributed by atoms with E-state index in [1.165, 1.54) is 7.11 Å². The van der Waals surface area contributed by atoms with Crippen molar-refractivity contribution < 1.29 is 9.53 Å². The monoisotopic (exact) mass is 301 g/mol. The molecule has 1 aromatic carbocycles. The molecular formula is C17H23N3O2. The summed E-state index contributed by atoms with van der Waals surface area (Å²) in [4.78, 5) is 16.4. The molecule has 0 bridgehead atoms. The topological polar surface area (TPSA) is 70.1 Å². The minimum absolute atomic E-state index is 0.224. The Morgan fingerprint density at radius 2 is 1.95 bits per heavy atom. The zero-order valence-corrected chi connectivity index (χ0v) is 13.5. The molecule has 118 valence electrons. The number of esters is 1. The SMILES string of the molecule is COC(=O)c1nc([C@@H](N)C(C)C)n(Cc2ccccc2)c1C. The Bertz CT molecular complexity index is 647. The molecule has 5 nitrogen and oxygen atoms in total. The van der Waals surface area contributed by atoms with Gasteiger partial charge < -0.3 is 15.0 Å². The molecule has 22 heavy (non-hydrogen) atoms. The minimum atomic E-state index is -0.429. The van der Waals surface area contributed by atoms with E-state index in [4.69, 9.17) is 10.5 Å². The van der Waals surface area contributed by atoms with Gasteiger partial charge in [0.25, 0.3) is 0 Å². The van der Waals surface area contributed by atoms with Crippen LogP contribution in [0.1, 0.15) is 47.5 Å². The molecule has 0 fully saturated rings. The van der Waals surface area contributed by atoms with Crippen LogP contribution in [0.25, 0.3) is 0 Å². The zero-order valence-electron chi connectivity index (χ0n) is 13.5. The molecule has 2 N–H and O–H groups in total. The lowest BCUT2D eigenvalue weighted by molar-refractivity contribution is 0.0593. The molecule has 0 saturated heterocycles. The highest BCUT2D eigenvalue weighted by Crippen LogP contribution is 2.23. The van der Waals surface area contributed by atoms with Gasteiger partial charge in [-0.25, -0.2) is 9.78 Å². The summed E-state index contributed by atoms with van der Waals surface area (Å²) in [5, 5.41) is 0. The van der Waals surface area contributed by atoms with Gasteiger partial charge >= 0.3 is 5.97 Å². The van der Waals surface area contributed by atoms with E-state index in [9.17, 15) is 4.79 Å². The standard InChI is InChI=1S/C17H23N3O2/c1-11(2)14(18)16-19-15(17(21)22-4)12(3)20(16)10-13-8-6-5-7-9-13/h5-9,11,14H,10,18H2,1-4H3/t14-/m0/s1. The van der Waals surface area contributed by atoms with E-state index in [1.807, 2.05) is 55.7 Å². The summed E-state index contributed by atoms with van der Waals surface area (Å²) < 4.78 is 6.83. The van der Waals surface area contributed by atoms with E-state index in [1.54, 1.807) is 0 Å². The van der Waals surface area contributed by atoms with Crippen LogP contribution in [-0.4, -0.2) is 22.6 Å². The summed E-state index contributed by atoms with van der Waals surface area (Å²) in [5.74, 6) is 0.514. The maximum Gasteiger partial charge on any atom is 0.358 e. The predicted octanol–water partition coefficient (Wildman–Crippen LogP) is 2.68. The van der Waals surface area contributed by atoms with Crippen molar-refractivity contribution in [3.05, 3.63) is 53.1 Å². The molecule has 0 saturated carbocycles. The predicted molar refractivity (Wildman–Crippen MR) is 85.6 cm³/mol. The van der Waals surface area contributed by atoms with Crippen LogP contribution >= 0.6 is 0 Å². The molecule has 0 unspecified atom stereocenters. The molecule has 0 radical (unpaired) electrons. The van der Waals surface area contributed by atoms with Crippen LogP contribution in [0.5, 0.6) is 0 Å². The summed E-state index contributed by atoms with van der Waals surface area (Å²) >= 11 is 0. The molecular weight excluding hydrogens is 278 g/mol. The largest absolute Gasteiger partial charge is 0.464 e. The van der Waals surface area contributed by atoms with Gasteiger partial charge in [-0.2, -0.15) is 0 Å². The number of carbonyl (C=O) groups excluding carboxylic acids is 1. The van der Waals surface area contributed by atoms with E-state index >= 15 is 0 Å². The van der Waals surface area contributed by atoms with Crippen LogP contribution in [-0.2, 0) is 11.3 Å². The molecule has 1 aromatic heterocycles. The van der Waals surface area contributed by atoms with E-state index in [2.05, 4.69) is 4.98 Å². The van der Waals surface area contributed by atoms with Crippen LogP contribution in [0.15, 0.2) is 30.3 Å². The first-order chi connectivity index (χ1) is 10.5. The fourth-order valence-corrected chi connectivity index (χ4v) is 2.36. The smallest absolute Gasteiger partial charge is 0.358 e. The van der Waals surface area contributed by atoms with Gasteiger partial charge in [-0.05, 0) is 18.4 Å². The Kier molecular flexibility index (Phi) is 4.98. The third-order valence-electron chi connectivity index (χ3n) is 3.83. The highest BCUT2D eigenvalue weighted by molar-refractivity contribution is 5.88. The molecule has 5 heteroatoms. The van der Waals surface area contributed by atoms with Crippen LogP contribution in [0.4, 0.5) is 0 Å². The summed E-state index contributed by atoms with van der Waals surface area (Å²) in [7, 11) is 1.36. The molecule has 0 aliphatic rings. The number of methoxy groups -OCH3 is 1. The minimum Gasteiger partial charge on any atom is -0.464 e. The van der Waals surface area contributed by atoms with Crippen LogP contribution < -0.4 is 5.73 Å². The van der Waals surface area contributed by atoms with Crippen LogP contribution in [0.3, 0.4) is 0 Å². The highest BCUT2D eigenvalue weighted by Gasteiger charge is 2.25. The molecule has 1 atom stereocenters. The van der Waals surface area contributed by atoms with Gasteiger partial charge in [0.15, 0.2) is 5.69 Å². The van der Waals surface area contributed by atoms with Crippen molar-refractivity contribution in [2.75, 3.05) is 7.11 Å². The lowest BCUT2D eigenvalue weighted by Gasteiger charge is -2.18. The third kappa shape index (κ3) is 3.20. The molecule has 0 aliphatic carbocycles. The van der Waals surface area contributed by atoms with Gasteiger partial charge in [0.05, 0.1) is 13.2 Å². The number of hydrogen-bond donors (Lipinski definition) is 1. The van der Waals surface area contributed by atoms with E-state index < -0.39 is 5.97 Å². The van der Waals surface area contributed by atoms with E-state index in [0.717, 1.165) is 17.1 Å². The Labute approximate surface area is 131 Å². The zero-order chi connectivity index (χ0) is 16.3. The highest BCUT2D eigenvalue weighted by atomic mass is 16.5. The van der Waals surface area contributed by atoms with Crippen molar-refractivity contribution in [1.82, 2.24) is 9.55 Å². The number of ether oxygens (including phenoxy) is 1. The van der Waals surface area contributed by atoms with E-state index in [-0.39, 0.29) is 12.0 Å². The van der Waals surface area contributed by atoms with Crippen molar-refractivity contribution >= 4 is 5.97 Å². The van der Waals surface area contributed by atoms with Crippen molar-refractivity contribution in [1.29, 1.82) is 0 Å². The van der Waals surface area contributed by atoms with Crippen molar-refractivity contribution in [3.63, 3.8) is 0 Å². The molecule has 2 aromatic rings. The van der Waals surface area contributed by atoms with Gasteiger partial charge in [-0.15, -0.1) is 0 Å². The average Bonchev–Trinajstić information content (AvgIpc) is 2.84. The second-order valence-corrected chi connectivity index (χ2v) is 5.74. The average molecular weight is 301 g/mol. The Morgan fingerprint density at radius 3 is 2.50 bits per heavy atom. The normalized spacial score (nSPS) is 12.5. The number of imidazole rings is 1. The van der Waals surface area contributed by atoms with Gasteiger partial charge in [0.1, 0.15) is 5.82 Å². The van der Waals surface area contributed by atoms with Crippen molar-refractivity contribution in [2.45, 2.75) is 33.4 Å². The van der Waals surface area contributed by atoms with Gasteiger partial charge in [0.2, 0.25) is 0 Å². The summed E-state index contributed by atoms with van der Waals surface area (Å²) in [6.07, 6.45) is 0. The Hall–Kier alpha value is -2.14. The summed E-state index contributed by atoms with van der Waals surface area (Å²) in [5.41, 5.74) is 8.53. The first-order valence-electron chi connectivity index (χ1n) is 7.40. The second-order valence-electron chi connectivity index (χ2n) is 5.74. The number of hydrogen-bond acceptors (Lipinski definition) is 4. The first-order valence-corrected chi connectivity index (χ1v) is 7.40. The van der Waals surface area contributed by atoms with Crippen LogP contribution in [0.2, 0.25) is 0 Å². The van der Waals surface area contributed by atoms with Gasteiger partial charge in [-0.1, -0.05) is 44.2 Å². The quantitative estimate of drug-likeness (QED) is 0.862. The lowest BCUT2D eigenvalue weighted by Crippen LogP contribution is -2.22. The number of nitrogens with two attached hydrogens (primary N) is 1. The fraction of sp³-hybridized carbons (Fsp3) is 0.412. The maximum atomic E-state index is 11.9. The first kappa shape index (κ1) is 16.2. The summed E-state index contributed by atoms with van der Waals surface area (Å²) in [6, 6.07) is 9.81. The van der Waals surface area contributed by atoms with Crippen molar-refractivity contribution in [2.24, 2.45) is 11.7 Å². The number of rotatable bonds is 5. The Morgan fingerprint density at radius 1 is 1.32 bits per heavy atom. The van der Waals surface area contributed by atoms with Crippen LogP contribution in [0, 0.1) is 12.8 Å². The number of aromatic nitrogens is 2. The molecule has 1 heterocycles. The number of benzene rings is 1. The lowest BCUT2D eigenvalue weighted by atomic mass is 10.0. The Balaban J connectivity index is 2.49. The van der Waals surface area contributed by atoms with Crippen molar-refractivity contribution in [3.8, 4) is 0 Å². The molecule has 2 rings (SSSR count).